The molecule has 0 bridgehead atoms. The van der Waals surface area contributed by atoms with E-state index in [9.17, 15) is 9.59 Å². The van der Waals surface area contributed by atoms with Crippen molar-refractivity contribution in [2.24, 2.45) is 0 Å². The number of fused-ring (bicyclic) bond motifs is 2. The minimum Gasteiger partial charge on any atom is -0.486 e. The number of ketones is 1. The average Bonchev–Trinajstić information content (AvgIpc) is 2.46. The summed E-state index contributed by atoms with van der Waals surface area (Å²) in [6.07, 6.45) is 0. The fourth-order valence-electron chi connectivity index (χ4n) is 2.06. The number of ether oxygens (including phenoxy) is 1. The van der Waals surface area contributed by atoms with Crippen molar-refractivity contribution < 1.29 is 9.53 Å². The Labute approximate surface area is 119 Å². The van der Waals surface area contributed by atoms with Gasteiger partial charge in [0.25, 0.3) is 0 Å². The molecule has 0 aliphatic carbocycles. The molecule has 0 aliphatic heterocycles. The molecular weight excluding hydrogens is 272 g/mol. The zero-order chi connectivity index (χ0) is 14.1. The number of rotatable bonds is 3. The van der Waals surface area contributed by atoms with Gasteiger partial charge in [-0.25, -0.2) is 0 Å². The molecule has 4 heteroatoms. The van der Waals surface area contributed by atoms with Crippen molar-refractivity contribution in [3.05, 3.63) is 52.7 Å². The largest absolute Gasteiger partial charge is 0.486 e. The zero-order valence-electron chi connectivity index (χ0n) is 10.9. The number of hydrogen-bond donors (Lipinski definition) is 0. The van der Waals surface area contributed by atoms with Crippen LogP contribution < -0.4 is 10.2 Å². The van der Waals surface area contributed by atoms with E-state index in [-0.39, 0.29) is 17.8 Å². The second-order valence-corrected chi connectivity index (χ2v) is 5.66. The number of hydrogen-bond acceptors (Lipinski definition) is 4. The van der Waals surface area contributed by atoms with Crippen molar-refractivity contribution in [3.8, 4) is 5.75 Å². The molecule has 3 aromatic rings. The topological polar surface area (TPSA) is 43.4 Å². The number of carbonyl (C=O) groups is 1. The molecule has 1 aromatic heterocycles. The lowest BCUT2D eigenvalue weighted by Crippen LogP contribution is -2.07. The van der Waals surface area contributed by atoms with Crippen molar-refractivity contribution in [3.63, 3.8) is 0 Å². The Bertz CT molecular complexity index is 864. The van der Waals surface area contributed by atoms with Crippen molar-refractivity contribution >= 4 is 37.3 Å². The summed E-state index contributed by atoms with van der Waals surface area (Å²) < 4.78 is 7.25. The highest BCUT2D eigenvalue weighted by Crippen LogP contribution is 2.27. The molecule has 2 aromatic carbocycles. The van der Waals surface area contributed by atoms with Crippen LogP contribution in [-0.4, -0.2) is 12.4 Å². The second kappa shape index (κ2) is 5.06. The Morgan fingerprint density at radius 1 is 1.10 bits per heavy atom. The molecule has 0 aliphatic rings. The van der Waals surface area contributed by atoms with Crippen molar-refractivity contribution in [1.29, 1.82) is 0 Å². The Kier molecular flexibility index (Phi) is 3.24. The third kappa shape index (κ3) is 2.30. The van der Waals surface area contributed by atoms with E-state index in [4.69, 9.17) is 4.74 Å². The zero-order valence-corrected chi connectivity index (χ0v) is 11.7. The Hall–Kier alpha value is -2.20. The summed E-state index contributed by atoms with van der Waals surface area (Å²) in [6, 6.07) is 12.9. The molecule has 0 spiro atoms. The molecule has 0 fully saturated rings. The van der Waals surface area contributed by atoms with Crippen LogP contribution in [0.4, 0.5) is 0 Å². The normalized spacial score (nSPS) is 10.8. The first-order valence-electron chi connectivity index (χ1n) is 6.23. The summed E-state index contributed by atoms with van der Waals surface area (Å²) in [7, 11) is 0. The molecule has 0 N–H and O–H groups in total. The van der Waals surface area contributed by atoms with Crippen LogP contribution in [0.5, 0.6) is 5.75 Å². The fraction of sp³-hybridized carbons (Fsp3) is 0.125. The summed E-state index contributed by atoms with van der Waals surface area (Å²) in [5, 5.41) is 1.35. The van der Waals surface area contributed by atoms with E-state index in [0.29, 0.717) is 16.5 Å². The molecule has 3 nitrogen and oxygen atoms in total. The molecule has 100 valence electrons. The molecule has 20 heavy (non-hydrogen) atoms. The number of benzene rings is 2. The second-order valence-electron chi connectivity index (χ2n) is 4.58. The van der Waals surface area contributed by atoms with E-state index in [1.165, 1.54) is 6.92 Å². The molecule has 0 radical (unpaired) electrons. The van der Waals surface area contributed by atoms with Gasteiger partial charge in [-0.2, -0.15) is 0 Å². The minimum absolute atomic E-state index is 0.00243. The van der Waals surface area contributed by atoms with Gasteiger partial charge in [-0.15, -0.1) is 11.3 Å². The lowest BCUT2D eigenvalue weighted by molar-refractivity contribution is -0.118. The van der Waals surface area contributed by atoms with E-state index < -0.39 is 0 Å². The van der Waals surface area contributed by atoms with Crippen LogP contribution in [0.25, 0.3) is 20.2 Å². The van der Waals surface area contributed by atoms with Gasteiger partial charge in [0.1, 0.15) is 12.4 Å². The smallest absolute Gasteiger partial charge is 0.196 e. The van der Waals surface area contributed by atoms with Gasteiger partial charge in [0, 0.05) is 20.2 Å². The third-order valence-corrected chi connectivity index (χ3v) is 4.14. The lowest BCUT2D eigenvalue weighted by Gasteiger charge is -2.05. The predicted octanol–water partition coefficient (Wildman–Crippen LogP) is 3.38. The Morgan fingerprint density at radius 2 is 1.85 bits per heavy atom. The Morgan fingerprint density at radius 3 is 2.65 bits per heavy atom. The first kappa shape index (κ1) is 12.8. The van der Waals surface area contributed by atoms with Crippen LogP contribution in [-0.2, 0) is 4.79 Å². The van der Waals surface area contributed by atoms with Crippen molar-refractivity contribution in [2.75, 3.05) is 6.61 Å². The summed E-state index contributed by atoms with van der Waals surface area (Å²) in [5.74, 6) is 0.501. The molecule has 1 heterocycles. The maximum Gasteiger partial charge on any atom is 0.196 e. The molecule has 0 saturated heterocycles. The molecule has 0 saturated carbocycles. The average molecular weight is 284 g/mol. The van der Waals surface area contributed by atoms with Crippen LogP contribution in [0.1, 0.15) is 6.92 Å². The highest BCUT2D eigenvalue weighted by molar-refractivity contribution is 7.24. The summed E-state index contributed by atoms with van der Waals surface area (Å²) in [4.78, 5) is 23.4. The maximum absolute atomic E-state index is 12.5. The SMILES string of the molecule is CC(=O)COc1ccc2sc3ccccc3c(=O)c2c1. The first-order valence-corrected chi connectivity index (χ1v) is 7.04. The van der Waals surface area contributed by atoms with Crippen LogP contribution >= 0.6 is 11.3 Å². The lowest BCUT2D eigenvalue weighted by atomic mass is 10.2. The van der Waals surface area contributed by atoms with Gasteiger partial charge in [-0.05, 0) is 37.3 Å². The van der Waals surface area contributed by atoms with Gasteiger partial charge < -0.3 is 4.74 Å². The predicted molar refractivity (Wildman–Crippen MR) is 81.8 cm³/mol. The molecule has 0 atom stereocenters. The van der Waals surface area contributed by atoms with Gasteiger partial charge in [0.05, 0.1) is 0 Å². The van der Waals surface area contributed by atoms with Crippen molar-refractivity contribution in [2.45, 2.75) is 6.92 Å². The molecular formula is C16H12O3S. The summed E-state index contributed by atoms with van der Waals surface area (Å²) >= 11 is 1.58. The third-order valence-electron chi connectivity index (χ3n) is 2.99. The van der Waals surface area contributed by atoms with Crippen LogP contribution in [0.2, 0.25) is 0 Å². The fourth-order valence-corrected chi connectivity index (χ4v) is 3.11. The molecule has 0 unspecified atom stereocenters. The first-order chi connectivity index (χ1) is 9.65. The highest BCUT2D eigenvalue weighted by Gasteiger charge is 2.07. The molecule has 0 amide bonds. The molecule has 3 rings (SSSR count). The van der Waals surface area contributed by atoms with Crippen molar-refractivity contribution in [1.82, 2.24) is 0 Å². The van der Waals surface area contributed by atoms with Crippen LogP contribution in [0.3, 0.4) is 0 Å². The van der Waals surface area contributed by atoms with Gasteiger partial charge in [0.2, 0.25) is 0 Å². The monoisotopic (exact) mass is 284 g/mol. The standard InChI is InChI=1S/C16H12O3S/c1-10(17)9-19-11-6-7-15-13(8-11)16(18)12-4-2-3-5-14(12)20-15/h2-8H,9H2,1H3. The summed E-state index contributed by atoms with van der Waals surface area (Å²) in [6.45, 7) is 1.49. The quantitative estimate of drug-likeness (QED) is 0.692. The number of Topliss-reactive ketones (excluding diaryl/α,β-unsaturated/α-hetero) is 1. The number of carbonyl (C=O) groups excluding carboxylic acids is 1. The van der Waals surface area contributed by atoms with Gasteiger partial charge >= 0.3 is 0 Å². The van der Waals surface area contributed by atoms with E-state index in [2.05, 4.69) is 0 Å². The highest BCUT2D eigenvalue weighted by atomic mass is 32.1. The van der Waals surface area contributed by atoms with E-state index in [1.807, 2.05) is 30.3 Å². The van der Waals surface area contributed by atoms with Gasteiger partial charge in [-0.1, -0.05) is 12.1 Å². The van der Waals surface area contributed by atoms with Gasteiger partial charge in [-0.3, -0.25) is 9.59 Å². The van der Waals surface area contributed by atoms with E-state index >= 15 is 0 Å². The Balaban J connectivity index is 2.18. The van der Waals surface area contributed by atoms with E-state index in [0.717, 1.165) is 9.40 Å². The van der Waals surface area contributed by atoms with Crippen LogP contribution in [0.15, 0.2) is 47.3 Å². The van der Waals surface area contributed by atoms with E-state index in [1.54, 1.807) is 23.5 Å². The maximum atomic E-state index is 12.5. The summed E-state index contributed by atoms with van der Waals surface area (Å²) in [5.41, 5.74) is 0.00243. The van der Waals surface area contributed by atoms with Gasteiger partial charge in [0.15, 0.2) is 11.2 Å². The minimum atomic E-state index is -0.0474. The van der Waals surface area contributed by atoms with Crippen LogP contribution in [0, 0.1) is 0 Å².